The van der Waals surface area contributed by atoms with Crippen molar-refractivity contribution in [3.8, 4) is 17.1 Å². The van der Waals surface area contributed by atoms with Gasteiger partial charge in [0, 0.05) is 24.2 Å². The third-order valence-electron chi connectivity index (χ3n) is 5.91. The Balaban J connectivity index is 1.45. The van der Waals surface area contributed by atoms with Crippen molar-refractivity contribution in [3.05, 3.63) is 64.3 Å². The molecule has 2 unspecified atom stereocenters. The number of methoxy groups -OCH3 is 1. The van der Waals surface area contributed by atoms with Gasteiger partial charge in [-0.1, -0.05) is 17.3 Å². The summed E-state index contributed by atoms with van der Waals surface area (Å²) in [6.07, 6.45) is 1.63. The monoisotopic (exact) mass is 469 g/mol. The highest BCUT2D eigenvalue weighted by Crippen LogP contribution is 2.31. The van der Waals surface area contributed by atoms with Crippen LogP contribution in [0.15, 0.2) is 47.0 Å². The van der Waals surface area contributed by atoms with Crippen LogP contribution in [0.2, 0.25) is 0 Å². The summed E-state index contributed by atoms with van der Waals surface area (Å²) in [5.74, 6) is 0.315. The van der Waals surface area contributed by atoms with Gasteiger partial charge >= 0.3 is 0 Å². The lowest BCUT2D eigenvalue weighted by Gasteiger charge is -2.34. The maximum Gasteiger partial charge on any atom is 0.271 e. The molecular formula is C23H24FN5O5. The summed E-state index contributed by atoms with van der Waals surface area (Å²) in [7, 11) is 1.43. The number of aromatic nitrogens is 2. The topological polar surface area (TPSA) is 124 Å². The second kappa shape index (κ2) is 9.96. The average Bonchev–Trinajstić information content (AvgIpc) is 3.34. The third kappa shape index (κ3) is 5.04. The quantitative estimate of drug-likeness (QED) is 0.407. The van der Waals surface area contributed by atoms with Crippen LogP contribution in [-0.4, -0.2) is 52.1 Å². The molecule has 0 saturated carbocycles. The number of piperidine rings is 1. The first-order valence-electron chi connectivity index (χ1n) is 10.8. The average molecular weight is 469 g/mol. The van der Waals surface area contributed by atoms with Crippen molar-refractivity contribution in [2.75, 3.05) is 25.5 Å². The van der Waals surface area contributed by atoms with E-state index in [2.05, 4.69) is 15.5 Å². The van der Waals surface area contributed by atoms with Crippen molar-refractivity contribution in [3.63, 3.8) is 0 Å². The summed E-state index contributed by atoms with van der Waals surface area (Å²) in [6, 6.07) is 9.50. The minimum atomic E-state index is -0.532. The normalized spacial score (nSPS) is 17.2. The summed E-state index contributed by atoms with van der Waals surface area (Å²) in [6.45, 7) is 2.99. The molecule has 2 atom stereocenters. The zero-order valence-corrected chi connectivity index (χ0v) is 18.7. The Morgan fingerprint density at radius 1 is 1.35 bits per heavy atom. The van der Waals surface area contributed by atoms with Gasteiger partial charge in [0.05, 0.1) is 29.7 Å². The molecule has 11 heteroatoms. The minimum absolute atomic E-state index is 0.0776. The number of rotatable bonds is 7. The number of likely N-dealkylation sites (tertiary alicyclic amines) is 1. The van der Waals surface area contributed by atoms with Gasteiger partial charge in [0.15, 0.2) is 0 Å². The largest absolute Gasteiger partial charge is 0.495 e. The van der Waals surface area contributed by atoms with Gasteiger partial charge in [-0.15, -0.1) is 0 Å². The SMILES string of the molecule is COc1ccc([N+](=O)[O-])cc1NC(=O)C(C)N1CCCC(c2nc(-c3cccc(F)c3)no2)C1. The van der Waals surface area contributed by atoms with Crippen LogP contribution in [-0.2, 0) is 4.79 Å². The molecule has 1 aliphatic heterocycles. The van der Waals surface area contributed by atoms with Crippen LogP contribution in [0.3, 0.4) is 0 Å². The number of nitrogens with zero attached hydrogens (tertiary/aromatic N) is 4. The number of hydrogen-bond acceptors (Lipinski definition) is 8. The number of anilines is 1. The zero-order chi connectivity index (χ0) is 24.2. The molecular weight excluding hydrogens is 445 g/mol. The molecule has 1 aliphatic rings. The second-order valence-electron chi connectivity index (χ2n) is 8.11. The van der Waals surface area contributed by atoms with Crippen LogP contribution < -0.4 is 10.1 Å². The van der Waals surface area contributed by atoms with E-state index in [9.17, 15) is 19.3 Å². The lowest BCUT2D eigenvalue weighted by atomic mass is 9.96. The van der Waals surface area contributed by atoms with Crippen LogP contribution in [0.1, 0.15) is 31.6 Å². The molecule has 178 valence electrons. The van der Waals surface area contributed by atoms with Gasteiger partial charge in [0.1, 0.15) is 11.6 Å². The van der Waals surface area contributed by atoms with E-state index in [1.54, 1.807) is 19.1 Å². The van der Waals surface area contributed by atoms with E-state index in [0.29, 0.717) is 36.1 Å². The third-order valence-corrected chi connectivity index (χ3v) is 5.91. The molecule has 1 saturated heterocycles. The number of nitro groups is 1. The maximum atomic E-state index is 13.5. The van der Waals surface area contributed by atoms with Gasteiger partial charge in [-0.2, -0.15) is 4.98 Å². The van der Waals surface area contributed by atoms with Gasteiger partial charge in [0.2, 0.25) is 17.6 Å². The van der Waals surface area contributed by atoms with Crippen LogP contribution in [0.5, 0.6) is 5.75 Å². The summed E-state index contributed by atoms with van der Waals surface area (Å²) < 4.78 is 24.2. The van der Waals surface area contributed by atoms with E-state index in [-0.39, 0.29) is 29.0 Å². The standard InChI is InChI=1S/C23H24FN5O5/c1-14(22(30)25-19-12-18(29(31)32)8-9-20(19)33-2)28-10-4-6-16(13-28)23-26-21(27-34-23)15-5-3-7-17(24)11-15/h3,5,7-9,11-12,14,16H,4,6,10,13H2,1-2H3,(H,25,30). The molecule has 1 N–H and O–H groups in total. The molecule has 10 nitrogen and oxygen atoms in total. The fourth-order valence-electron chi connectivity index (χ4n) is 4.02. The van der Waals surface area contributed by atoms with Gasteiger partial charge < -0.3 is 14.6 Å². The van der Waals surface area contributed by atoms with Crippen LogP contribution in [0, 0.1) is 15.9 Å². The minimum Gasteiger partial charge on any atom is -0.495 e. The highest BCUT2D eigenvalue weighted by molar-refractivity contribution is 5.96. The number of nitrogens with one attached hydrogen (secondary N) is 1. The van der Waals surface area contributed by atoms with Crippen LogP contribution >= 0.6 is 0 Å². The zero-order valence-electron chi connectivity index (χ0n) is 18.7. The number of ether oxygens (including phenoxy) is 1. The number of halogens is 1. The summed E-state index contributed by atoms with van der Waals surface area (Å²) in [5, 5.41) is 17.8. The fraction of sp³-hybridized carbons (Fsp3) is 0.348. The Kier molecular flexibility index (Phi) is 6.82. The number of benzene rings is 2. The number of carbonyl (C=O) groups excluding carboxylic acids is 1. The molecule has 0 aliphatic carbocycles. The van der Waals surface area contributed by atoms with Crippen molar-refractivity contribution in [2.45, 2.75) is 31.7 Å². The molecule has 0 bridgehead atoms. The van der Waals surface area contributed by atoms with Crippen molar-refractivity contribution in [2.24, 2.45) is 0 Å². The lowest BCUT2D eigenvalue weighted by Crippen LogP contribution is -2.46. The number of non-ortho nitro benzene ring substituents is 1. The molecule has 3 aromatic rings. The summed E-state index contributed by atoms with van der Waals surface area (Å²) in [5.41, 5.74) is 0.618. The Hall–Kier alpha value is -3.86. The van der Waals surface area contributed by atoms with E-state index in [4.69, 9.17) is 9.26 Å². The van der Waals surface area contributed by atoms with Crippen molar-refractivity contribution >= 4 is 17.3 Å². The first-order chi connectivity index (χ1) is 16.4. The number of hydrogen-bond donors (Lipinski definition) is 1. The van der Waals surface area contributed by atoms with Crippen molar-refractivity contribution in [1.82, 2.24) is 15.0 Å². The molecule has 2 heterocycles. The Morgan fingerprint density at radius 2 is 2.18 bits per heavy atom. The van der Waals surface area contributed by atoms with Gasteiger partial charge in [-0.25, -0.2) is 4.39 Å². The van der Waals surface area contributed by atoms with Crippen molar-refractivity contribution < 1.29 is 23.4 Å². The highest BCUT2D eigenvalue weighted by Gasteiger charge is 2.31. The van der Waals surface area contributed by atoms with Crippen LogP contribution in [0.4, 0.5) is 15.8 Å². The predicted molar refractivity (Wildman–Crippen MR) is 121 cm³/mol. The smallest absolute Gasteiger partial charge is 0.271 e. The molecule has 0 spiro atoms. The Bertz CT molecular complexity index is 1200. The molecule has 1 amide bonds. The fourth-order valence-corrected chi connectivity index (χ4v) is 4.02. The predicted octanol–water partition coefficient (Wildman–Crippen LogP) is 4.00. The first-order valence-corrected chi connectivity index (χ1v) is 10.8. The molecule has 0 radical (unpaired) electrons. The molecule has 34 heavy (non-hydrogen) atoms. The number of nitro benzene ring substituents is 1. The van der Waals surface area contributed by atoms with E-state index in [0.717, 1.165) is 12.8 Å². The molecule has 4 rings (SSSR count). The Labute approximate surface area is 194 Å². The van der Waals surface area contributed by atoms with E-state index in [1.165, 1.54) is 37.4 Å². The second-order valence-corrected chi connectivity index (χ2v) is 8.11. The molecule has 1 aromatic heterocycles. The summed E-state index contributed by atoms with van der Waals surface area (Å²) in [4.78, 5) is 30.0. The molecule has 1 fully saturated rings. The number of amides is 1. The van der Waals surface area contributed by atoms with Gasteiger partial charge in [-0.05, 0) is 44.5 Å². The van der Waals surface area contributed by atoms with Gasteiger partial charge in [-0.3, -0.25) is 19.8 Å². The molecule has 2 aromatic carbocycles. The maximum absolute atomic E-state index is 13.5. The lowest BCUT2D eigenvalue weighted by molar-refractivity contribution is -0.384. The van der Waals surface area contributed by atoms with E-state index in [1.807, 2.05) is 4.90 Å². The first kappa shape index (κ1) is 23.3. The number of carbonyl (C=O) groups is 1. The van der Waals surface area contributed by atoms with E-state index < -0.39 is 11.0 Å². The summed E-state index contributed by atoms with van der Waals surface area (Å²) >= 11 is 0. The van der Waals surface area contributed by atoms with E-state index >= 15 is 0 Å². The van der Waals surface area contributed by atoms with Crippen LogP contribution in [0.25, 0.3) is 11.4 Å². The highest BCUT2D eigenvalue weighted by atomic mass is 19.1. The van der Waals surface area contributed by atoms with Crippen molar-refractivity contribution in [1.29, 1.82) is 0 Å². The van der Waals surface area contributed by atoms with Gasteiger partial charge in [0.25, 0.3) is 5.69 Å². The Morgan fingerprint density at radius 3 is 2.91 bits per heavy atom.